The molecule has 0 N–H and O–H groups in total. The fraction of sp³-hybridized carbons (Fsp3) is 0.214. The van der Waals surface area contributed by atoms with Gasteiger partial charge in [-0.1, -0.05) is 5.03 Å². The van der Waals surface area contributed by atoms with E-state index in [1.165, 1.54) is 6.26 Å². The highest BCUT2D eigenvalue weighted by Crippen LogP contribution is 2.31. The summed E-state index contributed by atoms with van der Waals surface area (Å²) in [6, 6.07) is 5.31. The molecule has 0 aliphatic heterocycles. The number of rotatable bonds is 3. The van der Waals surface area contributed by atoms with Gasteiger partial charge in [0.2, 0.25) is 0 Å². The molecule has 102 valence electrons. The number of nitrogens with zero attached hydrogens (tertiary/aromatic N) is 2. The third-order valence-corrected chi connectivity index (χ3v) is 3.00. The minimum absolute atomic E-state index is 0.142. The van der Waals surface area contributed by atoms with E-state index in [4.69, 9.17) is 21.8 Å². The Balaban J connectivity index is 2.79. The van der Waals surface area contributed by atoms with Gasteiger partial charge in [-0.05, 0) is 26.0 Å². The number of carbonyl (C=O) groups excluding carboxylic acids is 1. The summed E-state index contributed by atoms with van der Waals surface area (Å²) < 4.78 is 10.3. The molecule has 0 amide bonds. The zero-order valence-corrected chi connectivity index (χ0v) is 11.8. The van der Waals surface area contributed by atoms with Gasteiger partial charge in [0.25, 0.3) is 0 Å². The molecule has 20 heavy (non-hydrogen) atoms. The van der Waals surface area contributed by atoms with E-state index in [2.05, 4.69) is 4.98 Å². The lowest BCUT2D eigenvalue weighted by Gasteiger charge is -2.17. The van der Waals surface area contributed by atoms with E-state index in [0.29, 0.717) is 17.0 Å². The molecule has 0 bridgehead atoms. The lowest BCUT2D eigenvalue weighted by molar-refractivity contribution is 0.0525. The van der Waals surface area contributed by atoms with Crippen LogP contribution in [-0.2, 0) is 17.4 Å². The lowest BCUT2D eigenvalue weighted by atomic mass is 10.00. The number of hydrogen-bond acceptors (Lipinski definition) is 6. The van der Waals surface area contributed by atoms with Crippen molar-refractivity contribution in [3.05, 3.63) is 35.2 Å². The van der Waals surface area contributed by atoms with Crippen LogP contribution in [0.5, 0.6) is 0 Å². The van der Waals surface area contributed by atoms with E-state index in [1.807, 2.05) is 6.07 Å². The van der Waals surface area contributed by atoms with Crippen LogP contribution in [0.2, 0.25) is 0 Å². The number of ether oxygens (including phenoxy) is 1. The third kappa shape index (κ3) is 2.36. The zero-order valence-electron chi connectivity index (χ0n) is 11.0. The number of esters is 1. The van der Waals surface area contributed by atoms with Crippen LogP contribution in [-0.4, -0.2) is 17.6 Å². The maximum Gasteiger partial charge on any atom is 0.340 e. The van der Waals surface area contributed by atoms with Crippen molar-refractivity contribution in [2.24, 2.45) is 0 Å². The fourth-order valence-electron chi connectivity index (χ4n) is 1.90. The monoisotopic (exact) mass is 287 g/mol. The molecule has 0 aliphatic carbocycles. The first-order valence-corrected chi connectivity index (χ1v) is 6.33. The Morgan fingerprint density at radius 3 is 2.90 bits per heavy atom. The van der Waals surface area contributed by atoms with Gasteiger partial charge in [0.1, 0.15) is 5.76 Å². The molecule has 2 heterocycles. The summed E-state index contributed by atoms with van der Waals surface area (Å²) in [5.74, 6) is -0.156. The number of aryl methyl sites for hydroxylation is 1. The average Bonchev–Trinajstić information content (AvgIpc) is 2.91. The van der Waals surface area contributed by atoms with Crippen molar-refractivity contribution in [1.82, 2.24) is 4.98 Å². The Hall–Kier alpha value is -2.39. The molecule has 0 fully saturated rings. The highest BCUT2D eigenvalue weighted by molar-refractivity contribution is 7.58. The Kier molecular flexibility index (Phi) is 4.01. The van der Waals surface area contributed by atoms with Crippen LogP contribution in [0.3, 0.4) is 0 Å². The van der Waals surface area contributed by atoms with Crippen LogP contribution in [0.15, 0.2) is 27.8 Å². The summed E-state index contributed by atoms with van der Waals surface area (Å²) in [6.07, 6.45) is 1.46. The first kappa shape index (κ1) is 14.0. The predicted octanol–water partition coefficient (Wildman–Crippen LogP) is 2.60. The van der Waals surface area contributed by atoms with Gasteiger partial charge in [0, 0.05) is 0 Å². The normalized spacial score (nSPS) is 10.1. The van der Waals surface area contributed by atoms with Crippen molar-refractivity contribution in [1.29, 1.82) is 5.26 Å². The maximum absolute atomic E-state index is 12.1. The van der Waals surface area contributed by atoms with Gasteiger partial charge in [-0.2, -0.15) is 5.26 Å². The van der Waals surface area contributed by atoms with Crippen molar-refractivity contribution in [3.63, 3.8) is 0 Å². The number of aromatic nitrogens is 1. The molecular formula is C14H11N2O3S-. The van der Waals surface area contributed by atoms with Gasteiger partial charge in [-0.25, -0.2) is 4.79 Å². The maximum atomic E-state index is 12.1. The SMILES string of the molecule is CCOC(=O)c1c(C)nc([S-])c(C#N)c1-c1ccco1. The number of furan rings is 1. The van der Waals surface area contributed by atoms with E-state index in [1.54, 1.807) is 26.0 Å². The minimum atomic E-state index is -0.546. The molecule has 0 saturated heterocycles. The highest BCUT2D eigenvalue weighted by atomic mass is 32.1. The van der Waals surface area contributed by atoms with Gasteiger partial charge in [0.15, 0.2) is 0 Å². The number of pyridine rings is 1. The zero-order chi connectivity index (χ0) is 14.7. The molecule has 0 atom stereocenters. The Labute approximate surface area is 121 Å². The summed E-state index contributed by atoms with van der Waals surface area (Å²) in [5, 5.41) is 9.42. The first-order chi connectivity index (χ1) is 9.60. The lowest BCUT2D eigenvalue weighted by Crippen LogP contribution is -2.12. The molecule has 0 unspecified atom stereocenters. The molecule has 2 aromatic rings. The second-order valence-electron chi connectivity index (χ2n) is 3.94. The summed E-state index contributed by atoms with van der Waals surface area (Å²) in [7, 11) is 0. The quantitative estimate of drug-likeness (QED) is 0.638. The molecule has 0 saturated carbocycles. The van der Waals surface area contributed by atoms with Crippen LogP contribution in [0.4, 0.5) is 0 Å². The van der Waals surface area contributed by atoms with Crippen molar-refractivity contribution in [2.45, 2.75) is 18.9 Å². The predicted molar refractivity (Wildman–Crippen MR) is 73.0 cm³/mol. The van der Waals surface area contributed by atoms with Crippen LogP contribution in [0.25, 0.3) is 11.3 Å². The molecular weight excluding hydrogens is 276 g/mol. The van der Waals surface area contributed by atoms with Crippen molar-refractivity contribution >= 4 is 18.6 Å². The first-order valence-electron chi connectivity index (χ1n) is 5.92. The summed E-state index contributed by atoms with van der Waals surface area (Å²) in [5.41, 5.74) is 1.11. The Morgan fingerprint density at radius 2 is 2.35 bits per heavy atom. The highest BCUT2D eigenvalue weighted by Gasteiger charge is 2.23. The second kappa shape index (κ2) is 5.72. The Bertz CT molecular complexity index is 687. The third-order valence-electron chi connectivity index (χ3n) is 2.70. The summed E-state index contributed by atoms with van der Waals surface area (Å²) in [6.45, 7) is 3.59. The molecule has 0 spiro atoms. The fourth-order valence-corrected chi connectivity index (χ4v) is 2.19. The Morgan fingerprint density at radius 1 is 1.60 bits per heavy atom. The van der Waals surface area contributed by atoms with Gasteiger partial charge in [-0.15, -0.1) is 0 Å². The smallest absolute Gasteiger partial charge is 0.340 e. The minimum Gasteiger partial charge on any atom is -0.759 e. The van der Waals surface area contributed by atoms with Crippen LogP contribution < -0.4 is 0 Å². The van der Waals surface area contributed by atoms with Crippen molar-refractivity contribution in [3.8, 4) is 17.4 Å². The standard InChI is InChI=1S/C14H12N2O3S/c1-3-18-14(17)11-8(2)16-13(20)9(7-15)12(11)10-5-4-6-19-10/h4-6H,3H2,1-2H3,(H,16,20)/p-1. The van der Waals surface area contributed by atoms with E-state index < -0.39 is 5.97 Å². The number of nitriles is 1. The van der Waals surface area contributed by atoms with E-state index in [9.17, 15) is 10.1 Å². The van der Waals surface area contributed by atoms with Crippen LogP contribution >= 0.6 is 0 Å². The van der Waals surface area contributed by atoms with Gasteiger partial charge < -0.3 is 21.8 Å². The largest absolute Gasteiger partial charge is 0.759 e. The number of carbonyl (C=O) groups is 1. The van der Waals surface area contributed by atoms with Crippen molar-refractivity contribution in [2.75, 3.05) is 6.61 Å². The number of hydrogen-bond donors (Lipinski definition) is 0. The molecule has 0 aliphatic rings. The van der Waals surface area contributed by atoms with Gasteiger partial charge in [0.05, 0.1) is 41.3 Å². The van der Waals surface area contributed by atoms with E-state index in [0.717, 1.165) is 0 Å². The van der Waals surface area contributed by atoms with E-state index in [-0.39, 0.29) is 22.8 Å². The van der Waals surface area contributed by atoms with Crippen LogP contribution in [0, 0.1) is 18.3 Å². The summed E-state index contributed by atoms with van der Waals surface area (Å²) in [4.78, 5) is 16.2. The molecule has 2 rings (SSSR count). The summed E-state index contributed by atoms with van der Waals surface area (Å²) >= 11 is 5.08. The molecule has 0 radical (unpaired) electrons. The topological polar surface area (TPSA) is 76.1 Å². The average molecular weight is 287 g/mol. The van der Waals surface area contributed by atoms with Crippen molar-refractivity contribution < 1.29 is 13.9 Å². The second-order valence-corrected chi connectivity index (χ2v) is 4.32. The van der Waals surface area contributed by atoms with E-state index >= 15 is 0 Å². The van der Waals surface area contributed by atoms with Gasteiger partial charge in [-0.3, -0.25) is 4.98 Å². The van der Waals surface area contributed by atoms with Crippen LogP contribution in [0.1, 0.15) is 28.5 Å². The molecule has 2 aromatic heterocycles. The molecule has 0 aromatic carbocycles. The van der Waals surface area contributed by atoms with Gasteiger partial charge >= 0.3 is 5.97 Å². The molecule has 5 nitrogen and oxygen atoms in total. The molecule has 6 heteroatoms.